The molecule has 110 valence electrons. The number of hydrogen-bond donors (Lipinski definition) is 1. The number of carboxylic acid groups (broad SMARTS) is 1. The molecule has 0 amide bonds. The fourth-order valence-corrected chi connectivity index (χ4v) is 1.74. The van der Waals surface area contributed by atoms with E-state index in [2.05, 4.69) is 10.3 Å². The van der Waals surface area contributed by atoms with Crippen molar-refractivity contribution in [2.75, 3.05) is 0 Å². The number of aromatic carboxylic acids is 1. The van der Waals surface area contributed by atoms with E-state index in [4.69, 9.17) is 5.11 Å². The molecule has 2 rings (SSSR count). The second-order valence-electron chi connectivity index (χ2n) is 3.97. The average Bonchev–Trinajstić information content (AvgIpc) is 2.81. The highest BCUT2D eigenvalue weighted by Crippen LogP contribution is 2.25. The van der Waals surface area contributed by atoms with Crippen molar-refractivity contribution >= 4 is 11.7 Å². The van der Waals surface area contributed by atoms with Crippen LogP contribution in [0.2, 0.25) is 0 Å². The van der Waals surface area contributed by atoms with Crippen LogP contribution in [0.3, 0.4) is 0 Å². The first kappa shape index (κ1) is 14.5. The van der Waals surface area contributed by atoms with E-state index in [-0.39, 0.29) is 16.9 Å². The molecular formula is C11H8F2N4O4. The van der Waals surface area contributed by atoms with Crippen molar-refractivity contribution in [3.05, 3.63) is 40.1 Å². The number of rotatable bonds is 5. The van der Waals surface area contributed by atoms with Crippen LogP contribution < -0.4 is 0 Å². The first-order valence-corrected chi connectivity index (χ1v) is 5.60. The summed E-state index contributed by atoms with van der Waals surface area (Å²) >= 11 is 0. The van der Waals surface area contributed by atoms with Crippen LogP contribution in [-0.4, -0.2) is 37.4 Å². The molecule has 0 spiro atoms. The van der Waals surface area contributed by atoms with Gasteiger partial charge in [0.05, 0.1) is 4.92 Å². The molecule has 21 heavy (non-hydrogen) atoms. The quantitative estimate of drug-likeness (QED) is 0.665. The lowest BCUT2D eigenvalue weighted by Crippen LogP contribution is -2.10. The zero-order valence-electron chi connectivity index (χ0n) is 10.3. The summed E-state index contributed by atoms with van der Waals surface area (Å²) in [5.41, 5.74) is -0.630. The maximum Gasteiger partial charge on any atom is 0.358 e. The van der Waals surface area contributed by atoms with Crippen LogP contribution >= 0.6 is 0 Å². The maximum absolute atomic E-state index is 12.5. The monoisotopic (exact) mass is 298 g/mol. The summed E-state index contributed by atoms with van der Waals surface area (Å²) in [5, 5.41) is 26.3. The normalized spacial score (nSPS) is 10.8. The van der Waals surface area contributed by atoms with Gasteiger partial charge < -0.3 is 5.11 Å². The van der Waals surface area contributed by atoms with Crippen LogP contribution in [-0.2, 0) is 6.54 Å². The van der Waals surface area contributed by atoms with Crippen molar-refractivity contribution in [1.29, 1.82) is 0 Å². The first-order valence-electron chi connectivity index (χ1n) is 5.60. The number of non-ortho nitro benzene ring substituents is 1. The Labute approximate surface area is 115 Å². The molecule has 0 radical (unpaired) electrons. The molecule has 0 bridgehead atoms. The zero-order valence-corrected chi connectivity index (χ0v) is 10.3. The topological polar surface area (TPSA) is 111 Å². The van der Waals surface area contributed by atoms with Crippen LogP contribution in [0.5, 0.6) is 0 Å². The number of alkyl halides is 2. The lowest BCUT2D eigenvalue weighted by atomic mass is 10.1. The van der Waals surface area contributed by atoms with Gasteiger partial charge in [-0.25, -0.2) is 18.3 Å². The van der Waals surface area contributed by atoms with E-state index in [1.165, 1.54) is 12.1 Å². The maximum atomic E-state index is 12.5. The first-order chi connectivity index (χ1) is 9.90. The molecule has 0 aliphatic rings. The number of nitrogens with zero attached hydrogens (tertiary/aromatic N) is 4. The van der Waals surface area contributed by atoms with Gasteiger partial charge in [-0.3, -0.25) is 10.1 Å². The van der Waals surface area contributed by atoms with Crippen LogP contribution in [0, 0.1) is 10.1 Å². The molecule has 1 aromatic heterocycles. The van der Waals surface area contributed by atoms with Gasteiger partial charge >= 0.3 is 5.97 Å². The molecule has 0 saturated carbocycles. The summed E-state index contributed by atoms with van der Waals surface area (Å²) in [6, 6.07) is 4.79. The van der Waals surface area contributed by atoms with Crippen molar-refractivity contribution in [1.82, 2.24) is 15.0 Å². The van der Waals surface area contributed by atoms with Crippen LogP contribution in [0.1, 0.15) is 10.5 Å². The summed E-state index contributed by atoms with van der Waals surface area (Å²) in [4.78, 5) is 21.0. The van der Waals surface area contributed by atoms with Gasteiger partial charge in [-0.15, -0.1) is 5.10 Å². The standard InChI is InChI=1S/C11H8F2N4O4/c12-8(13)5-16-10(9(11(18)19)14-15-16)6-1-3-7(4-2-6)17(20)21/h1-4,8H,5H2,(H,18,19). The summed E-state index contributed by atoms with van der Waals surface area (Å²) in [6.45, 7) is -0.827. The molecule has 0 atom stereocenters. The zero-order chi connectivity index (χ0) is 15.6. The largest absolute Gasteiger partial charge is 0.476 e. The van der Waals surface area contributed by atoms with Crippen molar-refractivity contribution in [3.8, 4) is 11.3 Å². The smallest absolute Gasteiger partial charge is 0.358 e. The second kappa shape index (κ2) is 5.61. The van der Waals surface area contributed by atoms with Crippen molar-refractivity contribution in [2.45, 2.75) is 13.0 Å². The third-order valence-corrected chi connectivity index (χ3v) is 2.60. The molecule has 8 nitrogen and oxygen atoms in total. The lowest BCUT2D eigenvalue weighted by Gasteiger charge is -2.06. The number of carbonyl (C=O) groups is 1. The van der Waals surface area contributed by atoms with E-state index < -0.39 is 29.6 Å². The Morgan fingerprint density at radius 2 is 2.00 bits per heavy atom. The summed E-state index contributed by atoms with van der Waals surface area (Å²) < 4.78 is 25.7. The third kappa shape index (κ3) is 2.99. The van der Waals surface area contributed by atoms with Gasteiger partial charge in [0.25, 0.3) is 12.1 Å². The molecule has 2 aromatic rings. The molecule has 0 saturated heterocycles. The molecule has 0 unspecified atom stereocenters. The second-order valence-corrected chi connectivity index (χ2v) is 3.97. The number of carboxylic acids is 1. The number of halogens is 2. The molecule has 0 aliphatic heterocycles. The van der Waals surface area contributed by atoms with Gasteiger partial charge in [-0.2, -0.15) is 0 Å². The van der Waals surface area contributed by atoms with Gasteiger partial charge in [0, 0.05) is 17.7 Å². The SMILES string of the molecule is O=C(O)c1nnn(CC(F)F)c1-c1ccc([N+](=O)[O-])cc1. The van der Waals surface area contributed by atoms with E-state index in [0.717, 1.165) is 16.8 Å². The molecule has 10 heteroatoms. The number of aromatic nitrogens is 3. The Morgan fingerprint density at radius 1 is 1.38 bits per heavy atom. The summed E-state index contributed by atoms with van der Waals surface area (Å²) in [5.74, 6) is -1.43. The predicted molar refractivity (Wildman–Crippen MR) is 65.1 cm³/mol. The van der Waals surface area contributed by atoms with Crippen LogP contribution in [0.15, 0.2) is 24.3 Å². The Balaban J connectivity index is 2.51. The third-order valence-electron chi connectivity index (χ3n) is 2.60. The number of hydrogen-bond acceptors (Lipinski definition) is 5. The highest BCUT2D eigenvalue weighted by molar-refractivity contribution is 5.92. The highest BCUT2D eigenvalue weighted by atomic mass is 19.3. The Bertz CT molecular complexity index is 684. The number of benzene rings is 1. The van der Waals surface area contributed by atoms with Gasteiger partial charge in [-0.05, 0) is 12.1 Å². The molecule has 0 fully saturated rings. The van der Waals surface area contributed by atoms with Crippen LogP contribution in [0.4, 0.5) is 14.5 Å². The summed E-state index contributed by atoms with van der Waals surface area (Å²) in [7, 11) is 0. The molecule has 1 N–H and O–H groups in total. The Hall–Kier alpha value is -2.91. The average molecular weight is 298 g/mol. The van der Waals surface area contributed by atoms with Gasteiger partial charge in [0.1, 0.15) is 12.2 Å². The Kier molecular flexibility index (Phi) is 3.87. The minimum Gasteiger partial charge on any atom is -0.476 e. The van der Waals surface area contributed by atoms with E-state index in [9.17, 15) is 23.7 Å². The fraction of sp³-hybridized carbons (Fsp3) is 0.182. The van der Waals surface area contributed by atoms with E-state index in [0.29, 0.717) is 0 Å². The predicted octanol–water partition coefficient (Wildman–Crippen LogP) is 1.82. The fourth-order valence-electron chi connectivity index (χ4n) is 1.74. The van der Waals surface area contributed by atoms with Crippen molar-refractivity contribution in [3.63, 3.8) is 0 Å². The highest BCUT2D eigenvalue weighted by Gasteiger charge is 2.22. The summed E-state index contributed by atoms with van der Waals surface area (Å²) in [6.07, 6.45) is -2.75. The van der Waals surface area contributed by atoms with E-state index >= 15 is 0 Å². The molecule has 0 aliphatic carbocycles. The minimum absolute atomic E-state index is 0.127. The van der Waals surface area contributed by atoms with Crippen LogP contribution in [0.25, 0.3) is 11.3 Å². The molecular weight excluding hydrogens is 290 g/mol. The number of nitro groups is 1. The minimum atomic E-state index is -2.75. The van der Waals surface area contributed by atoms with Gasteiger partial charge in [0.2, 0.25) is 0 Å². The van der Waals surface area contributed by atoms with E-state index in [1.54, 1.807) is 0 Å². The van der Waals surface area contributed by atoms with E-state index in [1.807, 2.05) is 0 Å². The van der Waals surface area contributed by atoms with Gasteiger partial charge in [-0.1, -0.05) is 5.21 Å². The van der Waals surface area contributed by atoms with Crippen molar-refractivity contribution in [2.24, 2.45) is 0 Å². The lowest BCUT2D eigenvalue weighted by molar-refractivity contribution is -0.384. The Morgan fingerprint density at radius 3 is 2.48 bits per heavy atom. The number of nitro benzene ring substituents is 1. The van der Waals surface area contributed by atoms with Gasteiger partial charge in [0.15, 0.2) is 5.69 Å². The molecule has 1 aromatic carbocycles. The molecule has 1 heterocycles. The van der Waals surface area contributed by atoms with Crippen molar-refractivity contribution < 1.29 is 23.6 Å².